The molecule has 1 aliphatic carbocycles. The van der Waals surface area contributed by atoms with E-state index in [9.17, 15) is 4.79 Å². The van der Waals surface area contributed by atoms with Gasteiger partial charge in [0.15, 0.2) is 6.61 Å². The molecule has 3 rings (SSSR count). The maximum absolute atomic E-state index is 12.2. The fraction of sp³-hybridized carbons (Fsp3) is 0.526. The summed E-state index contributed by atoms with van der Waals surface area (Å²) in [5, 5.41) is 0. The van der Waals surface area contributed by atoms with Gasteiger partial charge >= 0.3 is 0 Å². The van der Waals surface area contributed by atoms with Crippen molar-refractivity contribution < 1.29 is 9.53 Å². The van der Waals surface area contributed by atoms with Crippen LogP contribution in [0.4, 0.5) is 0 Å². The van der Waals surface area contributed by atoms with Crippen LogP contribution in [0.2, 0.25) is 0 Å². The van der Waals surface area contributed by atoms with Gasteiger partial charge in [-0.2, -0.15) is 0 Å². The number of likely N-dealkylation sites (tertiary alicyclic amines) is 1. The summed E-state index contributed by atoms with van der Waals surface area (Å²) in [5.41, 5.74) is 4.54. The second-order valence-electron chi connectivity index (χ2n) is 6.60. The summed E-state index contributed by atoms with van der Waals surface area (Å²) in [6.07, 6.45) is 4.70. The number of nitrogens with zero attached hydrogens (tertiary/aromatic N) is 1. The molecule has 1 aromatic rings. The molecule has 22 heavy (non-hydrogen) atoms. The Hall–Kier alpha value is -1.77. The number of amides is 1. The van der Waals surface area contributed by atoms with Gasteiger partial charge in [0.1, 0.15) is 5.75 Å². The molecule has 1 amide bonds. The summed E-state index contributed by atoms with van der Waals surface area (Å²) in [6.45, 7) is 6.19. The van der Waals surface area contributed by atoms with Crippen LogP contribution in [0.1, 0.15) is 51.0 Å². The van der Waals surface area contributed by atoms with Crippen LogP contribution in [-0.2, 0) is 4.79 Å². The maximum atomic E-state index is 12.2. The van der Waals surface area contributed by atoms with Gasteiger partial charge in [-0.3, -0.25) is 4.79 Å². The van der Waals surface area contributed by atoms with Crippen LogP contribution in [0.25, 0.3) is 0 Å². The molecule has 1 saturated heterocycles. The summed E-state index contributed by atoms with van der Waals surface area (Å²) in [5.74, 6) is 1.39. The van der Waals surface area contributed by atoms with E-state index in [0.29, 0.717) is 5.92 Å². The van der Waals surface area contributed by atoms with Crippen LogP contribution in [0.3, 0.4) is 0 Å². The van der Waals surface area contributed by atoms with Gasteiger partial charge in [-0.1, -0.05) is 37.1 Å². The highest BCUT2D eigenvalue weighted by molar-refractivity contribution is 5.78. The van der Waals surface area contributed by atoms with E-state index in [1.807, 2.05) is 17.0 Å². The number of allylic oxidation sites excluding steroid dienone is 1. The lowest BCUT2D eigenvalue weighted by Gasteiger charge is -2.28. The van der Waals surface area contributed by atoms with E-state index in [1.54, 1.807) is 11.1 Å². The molecule has 1 heterocycles. The lowest BCUT2D eigenvalue weighted by molar-refractivity contribution is -0.133. The predicted octanol–water partition coefficient (Wildman–Crippen LogP) is 3.90. The van der Waals surface area contributed by atoms with Crippen LogP contribution in [0.15, 0.2) is 35.4 Å². The van der Waals surface area contributed by atoms with Crippen molar-refractivity contribution in [2.24, 2.45) is 0 Å². The summed E-state index contributed by atoms with van der Waals surface area (Å²) in [7, 11) is 0. The molecule has 118 valence electrons. The molecular formula is C19H25NO2. The van der Waals surface area contributed by atoms with Gasteiger partial charge in [0.2, 0.25) is 0 Å². The molecule has 2 fully saturated rings. The number of carbonyl (C=O) groups is 1. The first-order chi connectivity index (χ1) is 10.6. The third kappa shape index (κ3) is 3.70. The lowest BCUT2D eigenvalue weighted by Crippen LogP contribution is -2.39. The largest absolute Gasteiger partial charge is 0.484 e. The van der Waals surface area contributed by atoms with Gasteiger partial charge in [-0.15, -0.1) is 0 Å². The van der Waals surface area contributed by atoms with E-state index < -0.39 is 0 Å². The lowest BCUT2D eigenvalue weighted by atomic mass is 10.0. The zero-order valence-electron chi connectivity index (χ0n) is 13.6. The smallest absolute Gasteiger partial charge is 0.260 e. The predicted molar refractivity (Wildman–Crippen MR) is 88.1 cm³/mol. The van der Waals surface area contributed by atoms with Crippen molar-refractivity contribution in [3.63, 3.8) is 0 Å². The van der Waals surface area contributed by atoms with Gasteiger partial charge in [-0.05, 0) is 49.3 Å². The average molecular weight is 299 g/mol. The fourth-order valence-electron chi connectivity index (χ4n) is 2.98. The Morgan fingerprint density at radius 3 is 2.18 bits per heavy atom. The standard InChI is InChI=1S/C19H25NO2/c1-14(2)15-5-7-18(8-6-15)22-13-19(21)20-11-9-17(10-12-20)16-3-4-16/h5-8,14H,3-4,9-13H2,1-2H3. The first kappa shape index (κ1) is 15.1. The monoisotopic (exact) mass is 299 g/mol. The minimum Gasteiger partial charge on any atom is -0.484 e. The molecule has 1 aromatic carbocycles. The van der Waals surface area contributed by atoms with E-state index in [4.69, 9.17) is 4.74 Å². The van der Waals surface area contributed by atoms with Crippen molar-refractivity contribution >= 4 is 5.91 Å². The minimum absolute atomic E-state index is 0.104. The zero-order chi connectivity index (χ0) is 15.5. The zero-order valence-corrected chi connectivity index (χ0v) is 13.6. The van der Waals surface area contributed by atoms with E-state index in [-0.39, 0.29) is 12.5 Å². The summed E-state index contributed by atoms with van der Waals surface area (Å²) < 4.78 is 5.64. The number of hydrogen-bond donors (Lipinski definition) is 0. The SMILES string of the molecule is CC(C)c1ccc(OCC(=O)N2CCC(=C3CC3)CC2)cc1. The first-order valence-electron chi connectivity index (χ1n) is 8.34. The molecule has 0 atom stereocenters. The van der Waals surface area contributed by atoms with E-state index >= 15 is 0 Å². The molecule has 3 nitrogen and oxygen atoms in total. The number of piperidine rings is 1. The Kier molecular flexibility index (Phi) is 4.51. The van der Waals surface area contributed by atoms with Crippen LogP contribution >= 0.6 is 0 Å². The first-order valence-corrected chi connectivity index (χ1v) is 8.34. The van der Waals surface area contributed by atoms with Crippen molar-refractivity contribution in [1.82, 2.24) is 4.90 Å². The Labute approximate surface area is 133 Å². The number of benzene rings is 1. The highest BCUT2D eigenvalue weighted by atomic mass is 16.5. The molecule has 1 aliphatic heterocycles. The Balaban J connectivity index is 1.47. The van der Waals surface area contributed by atoms with Crippen LogP contribution in [0.5, 0.6) is 5.75 Å². The Bertz CT molecular complexity index is 556. The normalized spacial score (nSPS) is 17.9. The Morgan fingerprint density at radius 2 is 1.64 bits per heavy atom. The van der Waals surface area contributed by atoms with E-state index in [1.165, 1.54) is 18.4 Å². The molecule has 0 radical (unpaired) electrons. The van der Waals surface area contributed by atoms with Crippen molar-refractivity contribution in [3.05, 3.63) is 41.0 Å². The molecule has 0 spiro atoms. The molecule has 1 saturated carbocycles. The molecule has 0 aromatic heterocycles. The van der Waals surface area contributed by atoms with Gasteiger partial charge < -0.3 is 9.64 Å². The van der Waals surface area contributed by atoms with Crippen molar-refractivity contribution in [1.29, 1.82) is 0 Å². The van der Waals surface area contributed by atoms with E-state index in [0.717, 1.165) is 31.7 Å². The van der Waals surface area contributed by atoms with Crippen LogP contribution in [0, 0.1) is 0 Å². The number of carbonyl (C=O) groups excluding carboxylic acids is 1. The van der Waals surface area contributed by atoms with Gasteiger partial charge in [0, 0.05) is 13.1 Å². The summed E-state index contributed by atoms with van der Waals surface area (Å²) in [4.78, 5) is 14.2. The quantitative estimate of drug-likeness (QED) is 0.789. The molecule has 0 unspecified atom stereocenters. The van der Waals surface area contributed by atoms with Crippen molar-refractivity contribution in [2.45, 2.75) is 45.4 Å². The third-order valence-corrected chi connectivity index (χ3v) is 4.63. The van der Waals surface area contributed by atoms with E-state index in [2.05, 4.69) is 26.0 Å². The van der Waals surface area contributed by atoms with Gasteiger partial charge in [0.05, 0.1) is 0 Å². The molecular weight excluding hydrogens is 274 g/mol. The minimum atomic E-state index is 0.104. The fourth-order valence-corrected chi connectivity index (χ4v) is 2.98. The average Bonchev–Trinajstić information content (AvgIpc) is 3.38. The molecule has 0 bridgehead atoms. The molecule has 2 aliphatic rings. The summed E-state index contributed by atoms with van der Waals surface area (Å²) >= 11 is 0. The number of hydrogen-bond acceptors (Lipinski definition) is 2. The second kappa shape index (κ2) is 6.55. The van der Waals surface area contributed by atoms with Crippen molar-refractivity contribution in [2.75, 3.05) is 19.7 Å². The topological polar surface area (TPSA) is 29.5 Å². The maximum Gasteiger partial charge on any atom is 0.260 e. The number of ether oxygens (including phenoxy) is 1. The molecule has 0 N–H and O–H groups in total. The van der Waals surface area contributed by atoms with Gasteiger partial charge in [0.25, 0.3) is 5.91 Å². The summed E-state index contributed by atoms with van der Waals surface area (Å²) in [6, 6.07) is 8.04. The van der Waals surface area contributed by atoms with Crippen LogP contribution < -0.4 is 4.74 Å². The van der Waals surface area contributed by atoms with Gasteiger partial charge in [-0.25, -0.2) is 0 Å². The van der Waals surface area contributed by atoms with Crippen molar-refractivity contribution in [3.8, 4) is 5.75 Å². The molecule has 3 heteroatoms. The second-order valence-corrected chi connectivity index (χ2v) is 6.60. The Morgan fingerprint density at radius 1 is 1.05 bits per heavy atom. The third-order valence-electron chi connectivity index (χ3n) is 4.63. The number of rotatable bonds is 4. The highest BCUT2D eigenvalue weighted by Gasteiger charge is 2.24. The van der Waals surface area contributed by atoms with Crippen LogP contribution in [-0.4, -0.2) is 30.5 Å². The highest BCUT2D eigenvalue weighted by Crippen LogP contribution is 2.36.